The molecule has 1 fully saturated rings. The first-order valence-corrected chi connectivity index (χ1v) is 11.5. The van der Waals surface area contributed by atoms with Gasteiger partial charge in [0.1, 0.15) is 11.6 Å². The fourth-order valence-electron chi connectivity index (χ4n) is 3.44. The van der Waals surface area contributed by atoms with Gasteiger partial charge in [-0.3, -0.25) is 9.89 Å². The number of hydrogen-bond acceptors (Lipinski definition) is 7. The smallest absolute Gasteiger partial charge is 0.257 e. The molecule has 3 heterocycles. The van der Waals surface area contributed by atoms with Crippen LogP contribution in [0.15, 0.2) is 17.5 Å². The van der Waals surface area contributed by atoms with Gasteiger partial charge in [-0.25, -0.2) is 4.98 Å². The van der Waals surface area contributed by atoms with Crippen molar-refractivity contribution < 1.29 is 9.53 Å². The highest BCUT2D eigenvalue weighted by molar-refractivity contribution is 7.71. The molecule has 4 aromatic rings. The summed E-state index contributed by atoms with van der Waals surface area (Å²) in [5.41, 5.74) is 1.01. The van der Waals surface area contributed by atoms with Crippen molar-refractivity contribution in [3.05, 3.63) is 33.1 Å². The van der Waals surface area contributed by atoms with Gasteiger partial charge in [0.25, 0.3) is 5.91 Å². The van der Waals surface area contributed by atoms with Crippen LogP contribution in [0.5, 0.6) is 5.75 Å². The molecule has 0 atom stereocenters. The molecule has 1 amide bonds. The van der Waals surface area contributed by atoms with Crippen LogP contribution >= 0.6 is 34.9 Å². The predicted molar refractivity (Wildman–Crippen MR) is 118 cm³/mol. The van der Waals surface area contributed by atoms with Gasteiger partial charge in [-0.15, -0.1) is 22.7 Å². The second kappa shape index (κ2) is 7.51. The van der Waals surface area contributed by atoms with E-state index in [0.717, 1.165) is 49.7 Å². The number of aryl methyl sites for hydroxylation is 1. The number of fused-ring (bicyclic) bond motifs is 3. The molecule has 0 saturated heterocycles. The van der Waals surface area contributed by atoms with Crippen molar-refractivity contribution in [3.63, 3.8) is 0 Å². The van der Waals surface area contributed by atoms with Gasteiger partial charge in [-0.05, 0) is 43.4 Å². The number of H-pyrrole nitrogens is 1. The molecule has 0 spiro atoms. The third kappa shape index (κ3) is 3.67. The number of aromatic amines is 1. The summed E-state index contributed by atoms with van der Waals surface area (Å²) < 4.78 is 10.8. The van der Waals surface area contributed by atoms with Crippen LogP contribution in [0.2, 0.25) is 0 Å². The summed E-state index contributed by atoms with van der Waals surface area (Å²) in [4.78, 5) is 16.9. The number of carbonyl (C=O) groups is 1. The van der Waals surface area contributed by atoms with Gasteiger partial charge in [-0.1, -0.05) is 0 Å². The molecule has 10 heteroatoms. The van der Waals surface area contributed by atoms with Gasteiger partial charge < -0.3 is 14.6 Å². The predicted octanol–water partition coefficient (Wildman–Crippen LogP) is 4.15. The van der Waals surface area contributed by atoms with Crippen molar-refractivity contribution in [1.29, 1.82) is 0 Å². The first-order chi connectivity index (χ1) is 14.1. The van der Waals surface area contributed by atoms with Crippen molar-refractivity contribution in [2.24, 2.45) is 0 Å². The molecule has 3 aromatic heterocycles. The number of rotatable bonds is 7. The summed E-state index contributed by atoms with van der Waals surface area (Å²) in [5.74, 6) is 1.47. The molecule has 1 aliphatic rings. The number of amides is 1. The SMILES string of the molecule is Cc1nc2c(cc(OCC(=O)NCCc3n[nH]c(=S)n3C3CC3)c3ccsc32)s1. The Kier molecular flexibility index (Phi) is 4.84. The van der Waals surface area contributed by atoms with E-state index in [9.17, 15) is 4.79 Å². The highest BCUT2D eigenvalue weighted by Crippen LogP contribution is 2.39. The quantitative estimate of drug-likeness (QED) is 0.418. The molecule has 150 valence electrons. The van der Waals surface area contributed by atoms with Crippen molar-refractivity contribution in [1.82, 2.24) is 25.1 Å². The number of thiophene rings is 1. The Morgan fingerprint density at radius 3 is 3.17 bits per heavy atom. The third-order valence-corrected chi connectivity index (χ3v) is 7.01. The average molecular weight is 446 g/mol. The Morgan fingerprint density at radius 1 is 1.48 bits per heavy atom. The van der Waals surface area contributed by atoms with E-state index >= 15 is 0 Å². The van der Waals surface area contributed by atoms with Crippen LogP contribution < -0.4 is 10.1 Å². The Bertz CT molecular complexity index is 1260. The van der Waals surface area contributed by atoms with E-state index in [-0.39, 0.29) is 12.5 Å². The summed E-state index contributed by atoms with van der Waals surface area (Å²) in [5, 5.41) is 14.1. The largest absolute Gasteiger partial charge is 0.483 e. The topological polar surface area (TPSA) is 84.8 Å². The van der Waals surface area contributed by atoms with Crippen LogP contribution in [0.25, 0.3) is 20.3 Å². The molecule has 29 heavy (non-hydrogen) atoms. The molecule has 0 aliphatic heterocycles. The maximum Gasteiger partial charge on any atom is 0.257 e. The molecule has 1 saturated carbocycles. The van der Waals surface area contributed by atoms with Crippen molar-refractivity contribution in [3.8, 4) is 5.75 Å². The summed E-state index contributed by atoms with van der Waals surface area (Å²) in [6.07, 6.45) is 2.92. The summed E-state index contributed by atoms with van der Waals surface area (Å²) >= 11 is 8.57. The number of carbonyl (C=O) groups excluding carboxylic acids is 1. The van der Waals surface area contributed by atoms with Crippen LogP contribution in [0.4, 0.5) is 0 Å². The second-order valence-electron chi connectivity index (χ2n) is 7.05. The molecule has 0 bridgehead atoms. The fourth-order valence-corrected chi connectivity index (χ4v) is 5.57. The summed E-state index contributed by atoms with van der Waals surface area (Å²) in [6.45, 7) is 2.47. The number of ether oxygens (including phenoxy) is 1. The van der Waals surface area contributed by atoms with E-state index in [1.54, 1.807) is 22.7 Å². The number of hydrogen-bond donors (Lipinski definition) is 2. The maximum absolute atomic E-state index is 12.3. The Labute approximate surface area is 179 Å². The van der Waals surface area contributed by atoms with Gasteiger partial charge >= 0.3 is 0 Å². The number of nitrogens with one attached hydrogen (secondary N) is 2. The van der Waals surface area contributed by atoms with Crippen molar-refractivity contribution in [2.75, 3.05) is 13.2 Å². The monoisotopic (exact) mass is 445 g/mol. The van der Waals surface area contributed by atoms with Gasteiger partial charge in [0.2, 0.25) is 0 Å². The lowest BCUT2D eigenvalue weighted by Gasteiger charge is -2.09. The van der Waals surface area contributed by atoms with E-state index in [0.29, 0.717) is 23.8 Å². The highest BCUT2D eigenvalue weighted by atomic mass is 32.1. The lowest BCUT2D eigenvalue weighted by Crippen LogP contribution is -2.31. The lowest BCUT2D eigenvalue weighted by atomic mass is 10.2. The molecule has 1 aromatic carbocycles. The van der Waals surface area contributed by atoms with Gasteiger partial charge in [0.05, 0.1) is 19.9 Å². The van der Waals surface area contributed by atoms with E-state index in [2.05, 4.69) is 25.1 Å². The number of aromatic nitrogens is 4. The lowest BCUT2D eigenvalue weighted by molar-refractivity contribution is -0.123. The van der Waals surface area contributed by atoms with E-state index in [1.165, 1.54) is 0 Å². The first kappa shape index (κ1) is 18.7. The Hall–Kier alpha value is -2.30. The zero-order valence-electron chi connectivity index (χ0n) is 15.7. The maximum atomic E-state index is 12.3. The minimum atomic E-state index is -0.152. The van der Waals surface area contributed by atoms with Crippen LogP contribution in [-0.4, -0.2) is 38.8 Å². The first-order valence-electron chi connectivity index (χ1n) is 9.43. The second-order valence-corrected chi connectivity index (χ2v) is 9.59. The Balaban J connectivity index is 1.22. The molecule has 5 rings (SSSR count). The van der Waals surface area contributed by atoms with Gasteiger partial charge in [0, 0.05) is 30.5 Å². The van der Waals surface area contributed by atoms with E-state index in [1.807, 2.05) is 24.4 Å². The molecular formula is C19H19N5O2S3. The zero-order chi connectivity index (χ0) is 20.0. The number of benzene rings is 1. The van der Waals surface area contributed by atoms with Gasteiger partial charge in [0.15, 0.2) is 11.4 Å². The highest BCUT2D eigenvalue weighted by Gasteiger charge is 2.27. The molecule has 0 radical (unpaired) electrons. The fraction of sp³-hybridized carbons (Fsp3) is 0.368. The van der Waals surface area contributed by atoms with Crippen LogP contribution in [0.1, 0.15) is 29.7 Å². The number of thiazole rings is 1. The molecule has 1 aliphatic carbocycles. The van der Waals surface area contributed by atoms with Crippen LogP contribution in [-0.2, 0) is 11.2 Å². The van der Waals surface area contributed by atoms with Crippen molar-refractivity contribution >= 4 is 61.1 Å². The Morgan fingerprint density at radius 2 is 2.34 bits per heavy atom. The van der Waals surface area contributed by atoms with E-state index < -0.39 is 0 Å². The number of nitrogens with zero attached hydrogens (tertiary/aromatic N) is 3. The van der Waals surface area contributed by atoms with Crippen molar-refractivity contribution in [2.45, 2.75) is 32.2 Å². The molecular weight excluding hydrogens is 426 g/mol. The summed E-state index contributed by atoms with van der Waals surface area (Å²) in [6, 6.07) is 4.46. The minimum absolute atomic E-state index is 0.0241. The average Bonchev–Trinajstić information content (AvgIpc) is 3.10. The van der Waals surface area contributed by atoms with Crippen LogP contribution in [0, 0.1) is 11.7 Å². The normalized spacial score (nSPS) is 14.0. The zero-order valence-corrected chi connectivity index (χ0v) is 18.2. The molecule has 7 nitrogen and oxygen atoms in total. The third-order valence-electron chi connectivity index (χ3n) is 4.89. The molecule has 2 N–H and O–H groups in total. The molecule has 0 unspecified atom stereocenters. The minimum Gasteiger partial charge on any atom is -0.483 e. The van der Waals surface area contributed by atoms with Crippen LogP contribution in [0.3, 0.4) is 0 Å². The van der Waals surface area contributed by atoms with Gasteiger partial charge in [-0.2, -0.15) is 5.10 Å². The van der Waals surface area contributed by atoms with E-state index in [4.69, 9.17) is 17.0 Å². The summed E-state index contributed by atoms with van der Waals surface area (Å²) in [7, 11) is 0. The standard InChI is InChI=1S/C19H19N5O2S3/c1-10-21-17-14(29-10)8-13(12-5-7-28-18(12)17)26-9-16(25)20-6-4-15-22-23-19(27)24(15)11-2-3-11/h5,7-8,11H,2-4,6,9H2,1H3,(H,20,25)(H,23,27).